The van der Waals surface area contributed by atoms with Crippen molar-refractivity contribution < 1.29 is 14.3 Å². The number of methoxy groups -OCH3 is 2. The van der Waals surface area contributed by atoms with Gasteiger partial charge in [0.25, 0.3) is 5.91 Å². The predicted octanol–water partition coefficient (Wildman–Crippen LogP) is 5.22. The molecule has 0 bridgehead atoms. The number of hydrogen-bond donors (Lipinski definition) is 0. The number of anilines is 2. The Balaban J connectivity index is 1.22. The second-order valence-electron chi connectivity index (χ2n) is 9.26. The molecular weight excluding hydrogens is 450 g/mol. The van der Waals surface area contributed by atoms with Crippen LogP contribution in [0.2, 0.25) is 0 Å². The second kappa shape index (κ2) is 10.9. The van der Waals surface area contributed by atoms with E-state index in [1.807, 2.05) is 23.1 Å². The Bertz CT molecular complexity index is 1220. The highest BCUT2D eigenvalue weighted by atomic mass is 16.5. The number of carbonyl (C=O) groups excluding carboxylic acids is 1. The number of ether oxygens (including phenoxy) is 2. The minimum atomic E-state index is 0.102. The van der Waals surface area contributed by atoms with Gasteiger partial charge in [0.15, 0.2) is 0 Å². The smallest absolute Gasteiger partial charge is 0.253 e. The molecule has 3 aromatic carbocycles. The van der Waals surface area contributed by atoms with E-state index in [1.54, 1.807) is 14.2 Å². The first kappa shape index (κ1) is 23.9. The number of nitrogens with zero attached hydrogens (tertiary/aromatic N) is 3. The Kier molecular flexibility index (Phi) is 7.23. The summed E-state index contributed by atoms with van der Waals surface area (Å²) in [5, 5.41) is 0. The molecule has 2 heterocycles. The minimum Gasteiger partial charge on any atom is -0.497 e. The van der Waals surface area contributed by atoms with Gasteiger partial charge >= 0.3 is 0 Å². The standard InChI is InChI=1S/C30H33N3O3/c1-35-27-19-23(20-28(21-27)36-2)22-31-14-6-15-32(18-17-31)30(34)25-10-12-26(13-11-25)33-16-5-8-24-7-3-4-9-29(24)33/h3-5,7-13,19-21H,6,14-18,22H2,1-2H3. The molecule has 6 heteroatoms. The zero-order chi connectivity index (χ0) is 24.9. The quantitative estimate of drug-likeness (QED) is 0.481. The molecule has 0 saturated carbocycles. The third kappa shape index (κ3) is 5.24. The molecule has 0 unspecified atom stereocenters. The van der Waals surface area contributed by atoms with Crippen molar-refractivity contribution >= 4 is 23.4 Å². The van der Waals surface area contributed by atoms with Crippen LogP contribution in [0.15, 0.2) is 72.8 Å². The first-order valence-electron chi connectivity index (χ1n) is 12.5. The maximum Gasteiger partial charge on any atom is 0.253 e. The Hall–Kier alpha value is -3.77. The van der Waals surface area contributed by atoms with E-state index >= 15 is 0 Å². The van der Waals surface area contributed by atoms with E-state index in [-0.39, 0.29) is 5.91 Å². The highest BCUT2D eigenvalue weighted by Crippen LogP contribution is 2.32. The van der Waals surface area contributed by atoms with E-state index in [9.17, 15) is 4.79 Å². The maximum atomic E-state index is 13.3. The largest absolute Gasteiger partial charge is 0.497 e. The molecule has 0 aliphatic carbocycles. The third-order valence-electron chi connectivity index (χ3n) is 6.93. The van der Waals surface area contributed by atoms with Crippen LogP contribution in [-0.2, 0) is 6.54 Å². The van der Waals surface area contributed by atoms with Crippen molar-refractivity contribution in [1.29, 1.82) is 0 Å². The normalized spacial score (nSPS) is 15.8. The molecule has 3 aromatic rings. The number of hydrogen-bond acceptors (Lipinski definition) is 5. The number of fused-ring (bicyclic) bond motifs is 1. The number of benzene rings is 3. The third-order valence-corrected chi connectivity index (χ3v) is 6.93. The van der Waals surface area contributed by atoms with Crippen molar-refractivity contribution in [3.8, 4) is 11.5 Å². The lowest BCUT2D eigenvalue weighted by Gasteiger charge is -2.28. The molecule has 0 N–H and O–H groups in total. The molecule has 1 fully saturated rings. The molecule has 6 nitrogen and oxygen atoms in total. The van der Waals surface area contributed by atoms with Crippen molar-refractivity contribution in [2.45, 2.75) is 13.0 Å². The van der Waals surface area contributed by atoms with Gasteiger partial charge in [0.1, 0.15) is 11.5 Å². The first-order chi connectivity index (χ1) is 17.6. The zero-order valence-electron chi connectivity index (χ0n) is 21.0. The van der Waals surface area contributed by atoms with E-state index in [1.165, 1.54) is 11.3 Å². The summed E-state index contributed by atoms with van der Waals surface area (Å²) in [5.41, 5.74) is 5.39. The molecule has 1 amide bonds. The number of para-hydroxylation sites is 1. The van der Waals surface area contributed by atoms with Crippen molar-refractivity contribution in [1.82, 2.24) is 9.80 Å². The van der Waals surface area contributed by atoms with Crippen LogP contribution >= 0.6 is 0 Å². The molecule has 0 atom stereocenters. The monoisotopic (exact) mass is 483 g/mol. The summed E-state index contributed by atoms with van der Waals surface area (Å²) in [4.78, 5) is 20.0. The molecule has 0 aromatic heterocycles. The first-order valence-corrected chi connectivity index (χ1v) is 12.5. The van der Waals surface area contributed by atoms with Crippen LogP contribution in [0, 0.1) is 0 Å². The van der Waals surface area contributed by atoms with Gasteiger partial charge in [0.2, 0.25) is 0 Å². The second-order valence-corrected chi connectivity index (χ2v) is 9.26. The van der Waals surface area contributed by atoms with Gasteiger partial charge in [-0.3, -0.25) is 9.69 Å². The molecule has 0 radical (unpaired) electrons. The minimum absolute atomic E-state index is 0.102. The number of rotatable bonds is 6. The van der Waals surface area contributed by atoms with Crippen LogP contribution in [0.25, 0.3) is 6.08 Å². The number of carbonyl (C=O) groups is 1. The Morgan fingerprint density at radius 1 is 0.861 bits per heavy atom. The van der Waals surface area contributed by atoms with Gasteiger partial charge in [-0.05, 0) is 60.0 Å². The average Bonchev–Trinajstić information content (AvgIpc) is 3.17. The molecular formula is C30H33N3O3. The fraction of sp³-hybridized carbons (Fsp3) is 0.300. The Morgan fingerprint density at radius 2 is 1.61 bits per heavy atom. The van der Waals surface area contributed by atoms with Gasteiger partial charge in [0.05, 0.1) is 14.2 Å². The lowest BCUT2D eigenvalue weighted by atomic mass is 10.1. The molecule has 5 rings (SSSR count). The van der Waals surface area contributed by atoms with E-state index in [2.05, 4.69) is 70.5 Å². The van der Waals surface area contributed by atoms with Crippen LogP contribution < -0.4 is 14.4 Å². The fourth-order valence-corrected chi connectivity index (χ4v) is 5.02. The van der Waals surface area contributed by atoms with Crippen molar-refractivity contribution in [3.63, 3.8) is 0 Å². The molecule has 2 aliphatic rings. The Labute approximate surface area is 213 Å². The van der Waals surface area contributed by atoms with Crippen LogP contribution in [0.5, 0.6) is 11.5 Å². The summed E-state index contributed by atoms with van der Waals surface area (Å²) < 4.78 is 10.8. The van der Waals surface area contributed by atoms with E-state index in [0.29, 0.717) is 6.54 Å². The topological polar surface area (TPSA) is 45.2 Å². The van der Waals surface area contributed by atoms with Crippen LogP contribution in [0.3, 0.4) is 0 Å². The average molecular weight is 484 g/mol. The van der Waals surface area contributed by atoms with Crippen molar-refractivity contribution in [2.24, 2.45) is 0 Å². The summed E-state index contributed by atoms with van der Waals surface area (Å²) in [5.74, 6) is 1.69. The summed E-state index contributed by atoms with van der Waals surface area (Å²) in [7, 11) is 3.34. The predicted molar refractivity (Wildman–Crippen MR) is 144 cm³/mol. The number of amides is 1. The van der Waals surface area contributed by atoms with Gasteiger partial charge in [0, 0.05) is 62.3 Å². The van der Waals surface area contributed by atoms with Crippen LogP contribution in [0.1, 0.15) is 27.9 Å². The van der Waals surface area contributed by atoms with Crippen molar-refractivity contribution in [3.05, 3.63) is 89.5 Å². The fourth-order valence-electron chi connectivity index (χ4n) is 5.02. The summed E-state index contributed by atoms with van der Waals surface area (Å²) in [6.07, 6.45) is 5.28. The molecule has 1 saturated heterocycles. The summed E-state index contributed by atoms with van der Waals surface area (Å²) >= 11 is 0. The Morgan fingerprint density at radius 3 is 2.36 bits per heavy atom. The van der Waals surface area contributed by atoms with Gasteiger partial charge < -0.3 is 19.3 Å². The van der Waals surface area contributed by atoms with E-state index in [4.69, 9.17) is 9.47 Å². The molecule has 186 valence electrons. The summed E-state index contributed by atoms with van der Waals surface area (Å²) in [6, 6.07) is 22.4. The zero-order valence-corrected chi connectivity index (χ0v) is 21.0. The molecule has 0 spiro atoms. The van der Waals surface area contributed by atoms with Gasteiger partial charge in [-0.2, -0.15) is 0 Å². The van der Waals surface area contributed by atoms with Crippen molar-refractivity contribution in [2.75, 3.05) is 51.8 Å². The summed E-state index contributed by atoms with van der Waals surface area (Å²) in [6.45, 7) is 4.89. The van der Waals surface area contributed by atoms with E-state index in [0.717, 1.165) is 67.5 Å². The van der Waals surface area contributed by atoms with Gasteiger partial charge in [-0.1, -0.05) is 30.4 Å². The van der Waals surface area contributed by atoms with Crippen LogP contribution in [-0.4, -0.2) is 62.7 Å². The molecule has 2 aliphatic heterocycles. The van der Waals surface area contributed by atoms with Crippen LogP contribution in [0.4, 0.5) is 11.4 Å². The van der Waals surface area contributed by atoms with E-state index < -0.39 is 0 Å². The molecule has 36 heavy (non-hydrogen) atoms. The highest BCUT2D eigenvalue weighted by Gasteiger charge is 2.21. The lowest BCUT2D eigenvalue weighted by Crippen LogP contribution is -2.35. The van der Waals surface area contributed by atoms with Gasteiger partial charge in [-0.25, -0.2) is 0 Å². The SMILES string of the molecule is COc1cc(CN2CCCN(C(=O)c3ccc(N4CC=Cc5ccccc54)cc3)CC2)cc(OC)c1. The highest BCUT2D eigenvalue weighted by molar-refractivity contribution is 5.94. The van der Waals surface area contributed by atoms with Gasteiger partial charge in [-0.15, -0.1) is 0 Å². The lowest BCUT2D eigenvalue weighted by molar-refractivity contribution is 0.0761. The maximum absolute atomic E-state index is 13.3.